The average Bonchev–Trinajstić information content (AvgIpc) is 3.31. The van der Waals surface area contributed by atoms with Gasteiger partial charge in [-0.15, -0.1) is 11.3 Å². The number of imidazole rings is 1. The van der Waals surface area contributed by atoms with E-state index in [1.807, 2.05) is 48.1 Å². The van der Waals surface area contributed by atoms with Crippen LogP contribution < -0.4 is 10.1 Å². The number of hydrogen-bond donors (Lipinski definition) is 1. The predicted molar refractivity (Wildman–Crippen MR) is 103 cm³/mol. The largest absolute Gasteiger partial charge is 0.497 e. The van der Waals surface area contributed by atoms with E-state index in [0.717, 1.165) is 30.0 Å². The maximum atomic E-state index is 12.5. The van der Waals surface area contributed by atoms with Crippen molar-refractivity contribution in [2.45, 2.75) is 25.3 Å². The SMILES string of the molecule is COc1cccc(C(NC(=O)CCCc2cccs2)c2nccn2C)c1. The van der Waals surface area contributed by atoms with Crippen molar-refractivity contribution >= 4 is 17.2 Å². The van der Waals surface area contributed by atoms with E-state index in [1.165, 1.54) is 4.88 Å². The van der Waals surface area contributed by atoms with Crippen LogP contribution in [0.3, 0.4) is 0 Å². The van der Waals surface area contributed by atoms with E-state index in [4.69, 9.17) is 4.74 Å². The maximum absolute atomic E-state index is 12.5. The van der Waals surface area contributed by atoms with Crippen molar-refractivity contribution in [2.24, 2.45) is 7.05 Å². The first-order chi connectivity index (χ1) is 12.7. The summed E-state index contributed by atoms with van der Waals surface area (Å²) in [5, 5.41) is 5.20. The second-order valence-corrected chi connectivity index (χ2v) is 7.14. The van der Waals surface area contributed by atoms with Gasteiger partial charge in [-0.05, 0) is 42.0 Å². The molecule has 0 fully saturated rings. The van der Waals surface area contributed by atoms with Crippen molar-refractivity contribution in [2.75, 3.05) is 7.11 Å². The highest BCUT2D eigenvalue weighted by atomic mass is 32.1. The van der Waals surface area contributed by atoms with Gasteiger partial charge in [0.2, 0.25) is 5.91 Å². The summed E-state index contributed by atoms with van der Waals surface area (Å²) in [6, 6.07) is 11.6. The number of thiophene rings is 1. The first kappa shape index (κ1) is 18.2. The maximum Gasteiger partial charge on any atom is 0.220 e. The molecule has 0 aliphatic carbocycles. The number of aryl methyl sites for hydroxylation is 2. The highest BCUT2D eigenvalue weighted by molar-refractivity contribution is 7.09. The van der Waals surface area contributed by atoms with Crippen LogP contribution in [0.4, 0.5) is 0 Å². The third-order valence-corrected chi connectivity index (χ3v) is 5.19. The van der Waals surface area contributed by atoms with Crippen LogP contribution >= 0.6 is 11.3 Å². The van der Waals surface area contributed by atoms with E-state index in [-0.39, 0.29) is 11.9 Å². The monoisotopic (exact) mass is 369 g/mol. The number of carbonyl (C=O) groups is 1. The predicted octanol–water partition coefficient (Wildman–Crippen LogP) is 3.72. The van der Waals surface area contributed by atoms with Gasteiger partial charge in [-0.2, -0.15) is 0 Å². The zero-order valence-electron chi connectivity index (χ0n) is 15.0. The fourth-order valence-corrected chi connectivity index (χ4v) is 3.64. The Bertz CT molecular complexity index is 842. The lowest BCUT2D eigenvalue weighted by atomic mass is 10.0. The number of nitrogens with one attached hydrogen (secondary N) is 1. The smallest absolute Gasteiger partial charge is 0.220 e. The number of methoxy groups -OCH3 is 1. The first-order valence-electron chi connectivity index (χ1n) is 8.60. The molecule has 0 radical (unpaired) electrons. The van der Waals surface area contributed by atoms with Gasteiger partial charge in [-0.25, -0.2) is 4.98 Å². The number of carbonyl (C=O) groups excluding carboxylic acids is 1. The van der Waals surface area contributed by atoms with E-state index in [1.54, 1.807) is 24.6 Å². The molecule has 26 heavy (non-hydrogen) atoms. The van der Waals surface area contributed by atoms with E-state index in [2.05, 4.69) is 21.7 Å². The molecule has 3 rings (SSSR count). The van der Waals surface area contributed by atoms with E-state index < -0.39 is 0 Å². The molecule has 0 spiro atoms. The molecule has 0 saturated carbocycles. The van der Waals surface area contributed by atoms with E-state index in [9.17, 15) is 4.79 Å². The lowest BCUT2D eigenvalue weighted by molar-refractivity contribution is -0.121. The molecule has 1 N–H and O–H groups in total. The summed E-state index contributed by atoms with van der Waals surface area (Å²) in [5.74, 6) is 1.58. The molecule has 0 bridgehead atoms. The van der Waals surface area contributed by atoms with Gasteiger partial charge in [-0.1, -0.05) is 18.2 Å². The van der Waals surface area contributed by atoms with Crippen LogP contribution in [0.5, 0.6) is 5.75 Å². The fraction of sp³-hybridized carbons (Fsp3) is 0.300. The molecular formula is C20H23N3O2S. The van der Waals surface area contributed by atoms with Crippen LogP contribution in [0.2, 0.25) is 0 Å². The van der Waals surface area contributed by atoms with Crippen molar-refractivity contribution in [3.05, 3.63) is 70.4 Å². The minimum Gasteiger partial charge on any atom is -0.497 e. The zero-order valence-corrected chi connectivity index (χ0v) is 15.8. The number of nitrogens with zero attached hydrogens (tertiary/aromatic N) is 2. The molecule has 5 nitrogen and oxygen atoms in total. The summed E-state index contributed by atoms with van der Waals surface area (Å²) in [6.07, 6.45) is 5.87. The van der Waals surface area contributed by atoms with Crippen LogP contribution in [0.1, 0.15) is 35.1 Å². The van der Waals surface area contributed by atoms with Crippen molar-refractivity contribution in [3.63, 3.8) is 0 Å². The van der Waals surface area contributed by atoms with Crippen LogP contribution in [0.15, 0.2) is 54.2 Å². The van der Waals surface area contributed by atoms with Gasteiger partial charge in [0.1, 0.15) is 17.6 Å². The molecular weight excluding hydrogens is 346 g/mol. The van der Waals surface area contributed by atoms with Gasteiger partial charge < -0.3 is 14.6 Å². The molecule has 1 aromatic carbocycles. The molecule has 0 saturated heterocycles. The molecule has 2 aromatic heterocycles. The van der Waals surface area contributed by atoms with E-state index >= 15 is 0 Å². The topological polar surface area (TPSA) is 56.1 Å². The number of hydrogen-bond acceptors (Lipinski definition) is 4. The number of rotatable bonds is 8. The zero-order chi connectivity index (χ0) is 18.4. The lowest BCUT2D eigenvalue weighted by Gasteiger charge is -2.19. The number of aromatic nitrogens is 2. The molecule has 1 unspecified atom stereocenters. The average molecular weight is 369 g/mol. The normalized spacial score (nSPS) is 11.9. The summed E-state index contributed by atoms with van der Waals surface area (Å²) >= 11 is 1.73. The standard InChI is InChI=1S/C20H23N3O2S/c1-23-12-11-21-20(23)19(15-6-3-7-16(14-15)25-2)22-18(24)10-4-8-17-9-5-13-26-17/h3,5-7,9,11-14,19H,4,8,10H2,1-2H3,(H,22,24). The second-order valence-electron chi connectivity index (χ2n) is 6.11. The molecule has 6 heteroatoms. The molecule has 3 aromatic rings. The lowest BCUT2D eigenvalue weighted by Crippen LogP contribution is -2.31. The van der Waals surface area contributed by atoms with Gasteiger partial charge in [0.25, 0.3) is 0 Å². The molecule has 1 amide bonds. The fourth-order valence-electron chi connectivity index (χ4n) is 2.88. The number of ether oxygens (including phenoxy) is 1. The van der Waals surface area contributed by atoms with Crippen molar-refractivity contribution in [1.82, 2.24) is 14.9 Å². The molecule has 0 aliphatic heterocycles. The number of amides is 1. The molecule has 136 valence electrons. The minimum atomic E-state index is -0.306. The Labute approximate surface area is 157 Å². The Balaban J connectivity index is 1.71. The molecule has 0 aliphatic rings. The highest BCUT2D eigenvalue weighted by Gasteiger charge is 2.21. The third kappa shape index (κ3) is 4.52. The van der Waals surface area contributed by atoms with Gasteiger partial charge in [0.05, 0.1) is 7.11 Å². The second kappa shape index (κ2) is 8.67. The minimum absolute atomic E-state index is 0.0253. The van der Waals surface area contributed by atoms with Crippen molar-refractivity contribution in [1.29, 1.82) is 0 Å². The summed E-state index contributed by atoms with van der Waals surface area (Å²) in [4.78, 5) is 18.3. The Morgan fingerprint density at radius 3 is 2.92 bits per heavy atom. The summed E-state index contributed by atoms with van der Waals surface area (Å²) in [7, 11) is 3.57. The molecule has 2 heterocycles. The number of benzene rings is 1. The highest BCUT2D eigenvalue weighted by Crippen LogP contribution is 2.24. The Morgan fingerprint density at radius 1 is 1.35 bits per heavy atom. The van der Waals surface area contributed by atoms with Gasteiger partial charge in [0, 0.05) is 30.7 Å². The summed E-state index contributed by atoms with van der Waals surface area (Å²) < 4.78 is 7.25. The molecule has 1 atom stereocenters. The van der Waals surface area contributed by atoms with Crippen LogP contribution in [0.25, 0.3) is 0 Å². The Kier molecular flexibility index (Phi) is 6.07. The van der Waals surface area contributed by atoms with Crippen molar-refractivity contribution in [3.8, 4) is 5.75 Å². The van der Waals surface area contributed by atoms with Crippen molar-refractivity contribution < 1.29 is 9.53 Å². The summed E-state index contributed by atoms with van der Waals surface area (Å²) in [6.45, 7) is 0. The first-order valence-corrected chi connectivity index (χ1v) is 9.48. The Morgan fingerprint density at radius 2 is 2.23 bits per heavy atom. The van der Waals surface area contributed by atoms with Crippen LogP contribution in [-0.4, -0.2) is 22.6 Å². The van der Waals surface area contributed by atoms with Gasteiger partial charge >= 0.3 is 0 Å². The van der Waals surface area contributed by atoms with Crippen LogP contribution in [0, 0.1) is 0 Å². The quantitative estimate of drug-likeness (QED) is 0.658. The van der Waals surface area contributed by atoms with Crippen LogP contribution in [-0.2, 0) is 18.3 Å². The van der Waals surface area contributed by atoms with Gasteiger partial charge in [-0.3, -0.25) is 4.79 Å². The van der Waals surface area contributed by atoms with Gasteiger partial charge in [0.15, 0.2) is 0 Å². The third-order valence-electron chi connectivity index (χ3n) is 4.26. The Hall–Kier alpha value is -2.60. The summed E-state index contributed by atoms with van der Waals surface area (Å²) in [5.41, 5.74) is 0.949. The van der Waals surface area contributed by atoms with E-state index in [0.29, 0.717) is 6.42 Å².